The largest absolute Gasteiger partial charge is 0.497 e. The molecule has 5 rings (SSSR count). The summed E-state index contributed by atoms with van der Waals surface area (Å²) >= 11 is 3.58. The SMILES string of the molecule is COc1ccc(NS(=O)(=O)c2ccc3c(c2)[C@H]2C=CC[C@H]2[C@@H](c2cccc(Br)c2)N3)c(OC)c1. The van der Waals surface area contributed by atoms with Crippen LogP contribution < -0.4 is 19.5 Å². The number of halogens is 1. The average molecular weight is 541 g/mol. The van der Waals surface area contributed by atoms with E-state index in [1.165, 1.54) is 12.7 Å². The van der Waals surface area contributed by atoms with Crippen LogP contribution in [0.4, 0.5) is 11.4 Å². The molecule has 0 amide bonds. The molecular formula is C26H25BrN2O4S. The summed E-state index contributed by atoms with van der Waals surface area (Å²) in [5.41, 5.74) is 3.52. The Balaban J connectivity index is 1.48. The van der Waals surface area contributed by atoms with Crippen LogP contribution in [0, 0.1) is 5.92 Å². The molecule has 8 heteroatoms. The van der Waals surface area contributed by atoms with E-state index in [9.17, 15) is 8.42 Å². The van der Waals surface area contributed by atoms with Gasteiger partial charge >= 0.3 is 0 Å². The molecule has 6 nitrogen and oxygen atoms in total. The third-order valence-electron chi connectivity index (χ3n) is 6.51. The zero-order valence-corrected chi connectivity index (χ0v) is 21.2. The standard InChI is InChI=1S/C26H25BrN2O4S/c1-32-18-9-11-24(25(14-18)33-2)29-34(30,31)19-10-12-23-22(15-19)20-7-4-8-21(20)26(28-23)16-5-3-6-17(27)13-16/h3-7,9-15,20-21,26,28-29H,8H2,1-2H3/t20-,21+,26+/m0/s1. The highest BCUT2D eigenvalue weighted by molar-refractivity contribution is 9.10. The van der Waals surface area contributed by atoms with Crippen LogP contribution in [0.5, 0.6) is 11.5 Å². The van der Waals surface area contributed by atoms with E-state index in [1.807, 2.05) is 18.2 Å². The number of anilines is 2. The van der Waals surface area contributed by atoms with E-state index in [4.69, 9.17) is 9.47 Å². The van der Waals surface area contributed by atoms with E-state index in [0.29, 0.717) is 23.1 Å². The lowest BCUT2D eigenvalue weighted by molar-refractivity contribution is 0.395. The molecule has 176 valence electrons. The van der Waals surface area contributed by atoms with Gasteiger partial charge in [0.2, 0.25) is 0 Å². The van der Waals surface area contributed by atoms with Crippen LogP contribution in [-0.4, -0.2) is 22.6 Å². The Morgan fingerprint density at radius 3 is 2.65 bits per heavy atom. The number of allylic oxidation sites excluding steroid dienone is 2. The van der Waals surface area contributed by atoms with E-state index in [1.54, 1.807) is 37.4 Å². The van der Waals surface area contributed by atoms with Crippen LogP contribution in [0.15, 0.2) is 82.2 Å². The van der Waals surface area contributed by atoms with E-state index in [-0.39, 0.29) is 16.9 Å². The molecule has 34 heavy (non-hydrogen) atoms. The monoisotopic (exact) mass is 540 g/mol. The lowest BCUT2D eigenvalue weighted by Gasteiger charge is -2.37. The van der Waals surface area contributed by atoms with Crippen molar-refractivity contribution < 1.29 is 17.9 Å². The number of sulfonamides is 1. The predicted octanol–water partition coefficient (Wildman–Crippen LogP) is 6.09. The maximum Gasteiger partial charge on any atom is 0.262 e. The molecule has 1 heterocycles. The van der Waals surface area contributed by atoms with Crippen molar-refractivity contribution in [3.63, 3.8) is 0 Å². The van der Waals surface area contributed by atoms with Crippen molar-refractivity contribution in [3.05, 3.63) is 88.4 Å². The zero-order chi connectivity index (χ0) is 23.9. The van der Waals surface area contributed by atoms with Crippen molar-refractivity contribution in [2.45, 2.75) is 23.3 Å². The fraction of sp³-hybridized carbons (Fsp3) is 0.231. The fourth-order valence-corrected chi connectivity index (χ4v) is 6.38. The minimum atomic E-state index is -3.83. The van der Waals surface area contributed by atoms with Crippen LogP contribution in [-0.2, 0) is 10.0 Å². The zero-order valence-electron chi connectivity index (χ0n) is 18.8. The Morgan fingerprint density at radius 2 is 1.88 bits per heavy atom. The molecule has 0 fully saturated rings. The number of fused-ring (bicyclic) bond motifs is 3. The molecular weight excluding hydrogens is 516 g/mol. The summed E-state index contributed by atoms with van der Waals surface area (Å²) < 4.78 is 40.8. The van der Waals surface area contributed by atoms with Crippen molar-refractivity contribution in [3.8, 4) is 11.5 Å². The van der Waals surface area contributed by atoms with Gasteiger partial charge < -0.3 is 14.8 Å². The quantitative estimate of drug-likeness (QED) is 0.369. The van der Waals surface area contributed by atoms with Crippen LogP contribution in [0.3, 0.4) is 0 Å². The van der Waals surface area contributed by atoms with Gasteiger partial charge in [-0.05, 0) is 65.9 Å². The molecule has 0 saturated heterocycles. The maximum atomic E-state index is 13.3. The van der Waals surface area contributed by atoms with Crippen molar-refractivity contribution in [1.29, 1.82) is 0 Å². The number of hydrogen-bond donors (Lipinski definition) is 2. The predicted molar refractivity (Wildman–Crippen MR) is 137 cm³/mol. The van der Waals surface area contributed by atoms with E-state index in [2.05, 4.69) is 50.3 Å². The summed E-state index contributed by atoms with van der Waals surface area (Å²) in [4.78, 5) is 0.214. The first-order chi connectivity index (χ1) is 16.4. The molecule has 3 atom stereocenters. The van der Waals surface area contributed by atoms with Gasteiger partial charge in [0.15, 0.2) is 0 Å². The second-order valence-electron chi connectivity index (χ2n) is 8.45. The number of nitrogens with one attached hydrogen (secondary N) is 2. The molecule has 3 aromatic carbocycles. The van der Waals surface area contributed by atoms with Crippen LogP contribution in [0.25, 0.3) is 0 Å². The second kappa shape index (κ2) is 9.00. The smallest absolute Gasteiger partial charge is 0.262 e. The summed E-state index contributed by atoms with van der Waals surface area (Å²) in [5, 5.41) is 3.66. The molecule has 0 unspecified atom stereocenters. The lowest BCUT2D eigenvalue weighted by atomic mass is 9.77. The van der Waals surface area contributed by atoms with Gasteiger partial charge in [0.05, 0.1) is 30.8 Å². The molecule has 2 aliphatic rings. The Bertz CT molecular complexity index is 1370. The molecule has 1 aliphatic carbocycles. The average Bonchev–Trinajstić information content (AvgIpc) is 3.33. The number of ether oxygens (including phenoxy) is 2. The summed E-state index contributed by atoms with van der Waals surface area (Å²) in [6.45, 7) is 0. The Morgan fingerprint density at radius 1 is 1.03 bits per heavy atom. The number of rotatable bonds is 6. The van der Waals surface area contributed by atoms with Gasteiger partial charge in [-0.25, -0.2) is 8.42 Å². The van der Waals surface area contributed by atoms with Crippen LogP contribution in [0.2, 0.25) is 0 Å². The van der Waals surface area contributed by atoms with Crippen LogP contribution in [0.1, 0.15) is 29.5 Å². The van der Waals surface area contributed by atoms with Gasteiger partial charge in [0.25, 0.3) is 10.0 Å². The van der Waals surface area contributed by atoms with Gasteiger partial charge in [-0.2, -0.15) is 0 Å². The first-order valence-corrected chi connectivity index (χ1v) is 13.2. The van der Waals surface area contributed by atoms with E-state index < -0.39 is 10.0 Å². The third-order valence-corrected chi connectivity index (χ3v) is 8.36. The minimum absolute atomic E-state index is 0.144. The lowest BCUT2D eigenvalue weighted by Crippen LogP contribution is -2.29. The topological polar surface area (TPSA) is 76.7 Å². The maximum absolute atomic E-state index is 13.3. The number of hydrogen-bond acceptors (Lipinski definition) is 5. The molecule has 3 aromatic rings. The van der Waals surface area contributed by atoms with Crippen molar-refractivity contribution in [2.24, 2.45) is 5.92 Å². The van der Waals surface area contributed by atoms with Gasteiger partial charge in [0, 0.05) is 22.1 Å². The second-order valence-corrected chi connectivity index (χ2v) is 11.0. The normalized spacial score (nSPS) is 20.7. The Hall–Kier alpha value is -2.97. The molecule has 0 saturated carbocycles. The van der Waals surface area contributed by atoms with E-state index >= 15 is 0 Å². The first-order valence-electron chi connectivity index (χ1n) is 11.0. The first kappa shape index (κ1) is 22.8. The Kier molecular flexibility index (Phi) is 6.04. The molecule has 2 N–H and O–H groups in total. The summed E-state index contributed by atoms with van der Waals surface area (Å²) in [7, 11) is -0.789. The van der Waals surface area contributed by atoms with Crippen LogP contribution >= 0.6 is 15.9 Å². The summed E-state index contributed by atoms with van der Waals surface area (Å²) in [5.74, 6) is 1.43. The van der Waals surface area contributed by atoms with E-state index in [0.717, 1.165) is 22.1 Å². The highest BCUT2D eigenvalue weighted by Gasteiger charge is 2.38. The van der Waals surface area contributed by atoms with Crippen molar-refractivity contribution in [1.82, 2.24) is 0 Å². The number of methoxy groups -OCH3 is 2. The van der Waals surface area contributed by atoms with Gasteiger partial charge in [-0.3, -0.25) is 4.72 Å². The molecule has 0 spiro atoms. The summed E-state index contributed by atoms with van der Waals surface area (Å²) in [6, 6.07) is 18.7. The Labute approximate surface area is 208 Å². The minimum Gasteiger partial charge on any atom is -0.497 e. The molecule has 0 radical (unpaired) electrons. The van der Waals surface area contributed by atoms with Crippen molar-refractivity contribution >= 4 is 37.3 Å². The number of benzene rings is 3. The highest BCUT2D eigenvalue weighted by Crippen LogP contribution is 2.50. The third kappa shape index (κ3) is 4.16. The van der Waals surface area contributed by atoms with Crippen molar-refractivity contribution in [2.75, 3.05) is 24.3 Å². The van der Waals surface area contributed by atoms with Gasteiger partial charge in [-0.1, -0.05) is 40.2 Å². The summed E-state index contributed by atoms with van der Waals surface area (Å²) in [6.07, 6.45) is 5.33. The van der Waals surface area contributed by atoms with Gasteiger partial charge in [-0.15, -0.1) is 0 Å². The molecule has 0 bridgehead atoms. The molecule has 0 aromatic heterocycles. The van der Waals surface area contributed by atoms with Gasteiger partial charge in [0.1, 0.15) is 11.5 Å². The fourth-order valence-electron chi connectivity index (χ4n) is 4.86. The molecule has 1 aliphatic heterocycles. The highest BCUT2D eigenvalue weighted by atomic mass is 79.9.